The summed E-state index contributed by atoms with van der Waals surface area (Å²) in [6.45, 7) is 14.1. The number of carbonyl (C=O) groups is 4. The van der Waals surface area contributed by atoms with Crippen molar-refractivity contribution in [2.45, 2.75) is 388 Å². The molecule has 0 rings (SSSR count). The highest BCUT2D eigenvalue weighted by Crippen LogP contribution is 2.45. The predicted molar refractivity (Wildman–Crippen MR) is 377 cm³/mol. The molecule has 3 unspecified atom stereocenters. The second kappa shape index (κ2) is 63.5. The van der Waals surface area contributed by atoms with Gasteiger partial charge in [0.15, 0.2) is 12.2 Å². The monoisotopic (exact) mass is 1370 g/mol. The third-order valence-corrected chi connectivity index (χ3v) is 19.0. The topological polar surface area (TPSA) is 237 Å². The maximum atomic E-state index is 13.1. The molecule has 17 nitrogen and oxygen atoms in total. The largest absolute Gasteiger partial charge is 0.472 e. The van der Waals surface area contributed by atoms with Gasteiger partial charge in [0.25, 0.3) is 0 Å². The average Bonchev–Trinajstić information content (AvgIpc) is 3.33. The minimum absolute atomic E-state index is 0.103. The summed E-state index contributed by atoms with van der Waals surface area (Å²) < 4.78 is 68.4. The number of aliphatic hydroxyl groups is 1. The number of phosphoric acid groups is 2. The van der Waals surface area contributed by atoms with Crippen LogP contribution in [0, 0.1) is 23.7 Å². The molecule has 0 aromatic rings. The standard InChI is InChI=1S/C74H144O17P2/c1-64(2)50-42-34-26-19-15-12-10-9-11-13-17-21-30-38-46-54-71(76)84-60-69(90-73(78)56-48-40-31-22-18-14-16-20-27-35-43-51-65(3)4)62-88-92(80,81)86-58-68(75)59-87-93(82,83)89-63-70(61-85-72(77)55-47-39-33-25-29-37-45-53-67(7)8)91-74(79)57-49-41-32-24-23-28-36-44-52-66(5)6/h64-70,75H,9-63H2,1-8H3,(H,80,81)(H,82,83)/t68?,69-,70-/m1/s1. The number of carbonyl (C=O) groups excluding carboxylic acids is 4. The van der Waals surface area contributed by atoms with Gasteiger partial charge in [-0.3, -0.25) is 37.3 Å². The highest BCUT2D eigenvalue weighted by Gasteiger charge is 2.30. The summed E-state index contributed by atoms with van der Waals surface area (Å²) in [6.07, 6.45) is 47.3. The highest BCUT2D eigenvalue weighted by molar-refractivity contribution is 7.47. The van der Waals surface area contributed by atoms with Crippen molar-refractivity contribution in [3.63, 3.8) is 0 Å². The van der Waals surface area contributed by atoms with Gasteiger partial charge in [-0.1, -0.05) is 319 Å². The van der Waals surface area contributed by atoms with Crippen LogP contribution in [0.3, 0.4) is 0 Å². The fraction of sp³-hybridized carbons (Fsp3) is 0.946. The van der Waals surface area contributed by atoms with E-state index in [1.54, 1.807) is 0 Å². The molecule has 3 N–H and O–H groups in total. The molecule has 0 fully saturated rings. The molecule has 0 heterocycles. The second-order valence-electron chi connectivity index (χ2n) is 28.6. The van der Waals surface area contributed by atoms with Gasteiger partial charge in [0, 0.05) is 25.7 Å². The average molecular weight is 1370 g/mol. The molecule has 0 spiro atoms. The van der Waals surface area contributed by atoms with Crippen LogP contribution in [-0.2, 0) is 65.4 Å². The van der Waals surface area contributed by atoms with Crippen LogP contribution in [0.5, 0.6) is 0 Å². The summed E-state index contributed by atoms with van der Waals surface area (Å²) in [5.41, 5.74) is 0. The first-order valence-corrected chi connectivity index (χ1v) is 41.2. The van der Waals surface area contributed by atoms with Crippen LogP contribution >= 0.6 is 15.6 Å². The van der Waals surface area contributed by atoms with Gasteiger partial charge in [-0.2, -0.15) is 0 Å². The number of esters is 4. The van der Waals surface area contributed by atoms with Crippen LogP contribution in [0.25, 0.3) is 0 Å². The number of unbranched alkanes of at least 4 members (excludes halogenated alkanes) is 37. The molecule has 5 atom stereocenters. The van der Waals surface area contributed by atoms with Crippen LogP contribution < -0.4 is 0 Å². The van der Waals surface area contributed by atoms with E-state index in [0.717, 1.165) is 114 Å². The fourth-order valence-corrected chi connectivity index (χ4v) is 12.8. The lowest BCUT2D eigenvalue weighted by Gasteiger charge is -2.21. The molecule has 93 heavy (non-hydrogen) atoms. The lowest BCUT2D eigenvalue weighted by molar-refractivity contribution is -0.161. The Balaban J connectivity index is 5.23. The SMILES string of the molecule is CC(C)CCCCCCCCCCCCCCCCCC(=O)OC[C@H](COP(=O)(O)OCC(O)COP(=O)(O)OC[C@@H](COC(=O)CCCCCCCCCC(C)C)OC(=O)CCCCCCCCCCC(C)C)OC(=O)CCCCCCCCCCCCCC(C)C. The lowest BCUT2D eigenvalue weighted by Crippen LogP contribution is -2.30. The van der Waals surface area contributed by atoms with Crippen LogP contribution in [0.2, 0.25) is 0 Å². The number of ether oxygens (including phenoxy) is 4. The maximum Gasteiger partial charge on any atom is 0.472 e. The maximum absolute atomic E-state index is 13.1. The Morgan fingerprint density at radius 2 is 0.452 bits per heavy atom. The van der Waals surface area contributed by atoms with E-state index in [9.17, 15) is 43.2 Å². The van der Waals surface area contributed by atoms with E-state index < -0.39 is 97.5 Å². The van der Waals surface area contributed by atoms with Gasteiger partial charge in [0.1, 0.15) is 19.3 Å². The molecule has 0 bridgehead atoms. The van der Waals surface area contributed by atoms with E-state index in [-0.39, 0.29) is 25.7 Å². The smallest absolute Gasteiger partial charge is 0.462 e. The van der Waals surface area contributed by atoms with E-state index in [0.29, 0.717) is 31.6 Å². The summed E-state index contributed by atoms with van der Waals surface area (Å²) in [6, 6.07) is 0. The summed E-state index contributed by atoms with van der Waals surface area (Å²) in [7, 11) is -9.91. The van der Waals surface area contributed by atoms with Crippen molar-refractivity contribution in [3.8, 4) is 0 Å². The van der Waals surface area contributed by atoms with E-state index in [4.69, 9.17) is 37.0 Å². The summed E-state index contributed by atoms with van der Waals surface area (Å²) >= 11 is 0. The third-order valence-electron chi connectivity index (χ3n) is 17.1. The lowest BCUT2D eigenvalue weighted by atomic mass is 10.0. The molecule has 0 saturated heterocycles. The van der Waals surface area contributed by atoms with Gasteiger partial charge in [-0.15, -0.1) is 0 Å². The first-order chi connectivity index (χ1) is 44.6. The number of rotatable bonds is 71. The zero-order chi connectivity index (χ0) is 68.9. The Hall–Kier alpha value is -1.94. The van der Waals surface area contributed by atoms with Crippen molar-refractivity contribution in [1.82, 2.24) is 0 Å². The molecule has 19 heteroatoms. The highest BCUT2D eigenvalue weighted by atomic mass is 31.2. The third kappa shape index (κ3) is 68.4. The fourth-order valence-electron chi connectivity index (χ4n) is 11.2. The first-order valence-electron chi connectivity index (χ1n) is 38.2. The van der Waals surface area contributed by atoms with Crippen LogP contribution in [0.1, 0.15) is 370 Å². The molecule has 0 aromatic carbocycles. The van der Waals surface area contributed by atoms with E-state index >= 15 is 0 Å². The van der Waals surface area contributed by atoms with Crippen molar-refractivity contribution in [2.24, 2.45) is 23.7 Å². The van der Waals surface area contributed by atoms with Gasteiger partial charge in [0.2, 0.25) is 0 Å². The molecular formula is C74H144O17P2. The van der Waals surface area contributed by atoms with Crippen molar-refractivity contribution in [2.75, 3.05) is 39.6 Å². The van der Waals surface area contributed by atoms with Crippen LogP contribution in [-0.4, -0.2) is 96.7 Å². The molecular weight excluding hydrogens is 1220 g/mol. The Morgan fingerprint density at radius 3 is 0.667 bits per heavy atom. The minimum atomic E-state index is -4.96. The summed E-state index contributed by atoms with van der Waals surface area (Å²) in [4.78, 5) is 72.7. The first kappa shape index (κ1) is 91.1. The quantitative estimate of drug-likeness (QED) is 0.0222. The Bertz CT molecular complexity index is 1830. The molecule has 0 aliphatic carbocycles. The molecule has 0 aliphatic heterocycles. The number of phosphoric ester groups is 2. The minimum Gasteiger partial charge on any atom is -0.462 e. The van der Waals surface area contributed by atoms with Crippen molar-refractivity contribution in [3.05, 3.63) is 0 Å². The van der Waals surface area contributed by atoms with E-state index in [1.807, 2.05) is 0 Å². The van der Waals surface area contributed by atoms with Gasteiger partial charge in [-0.05, 0) is 49.4 Å². The number of hydrogen-bond acceptors (Lipinski definition) is 15. The van der Waals surface area contributed by atoms with Crippen molar-refractivity contribution < 1.29 is 80.2 Å². The molecule has 552 valence electrons. The Morgan fingerprint density at radius 1 is 0.269 bits per heavy atom. The normalized spacial score (nSPS) is 14.2. The van der Waals surface area contributed by atoms with Gasteiger partial charge >= 0.3 is 39.5 Å². The van der Waals surface area contributed by atoms with Crippen LogP contribution in [0.4, 0.5) is 0 Å². The number of hydrogen-bond donors (Lipinski definition) is 3. The van der Waals surface area contributed by atoms with Gasteiger partial charge in [0.05, 0.1) is 26.4 Å². The zero-order valence-electron chi connectivity index (χ0n) is 60.9. The molecule has 0 amide bonds. The Kier molecular flexibility index (Phi) is 62.2. The molecule has 0 radical (unpaired) electrons. The Labute approximate surface area is 568 Å². The predicted octanol–water partition coefficient (Wildman–Crippen LogP) is 21.3. The van der Waals surface area contributed by atoms with E-state index in [1.165, 1.54) is 167 Å². The van der Waals surface area contributed by atoms with Crippen molar-refractivity contribution >= 4 is 39.5 Å². The summed E-state index contributed by atoms with van der Waals surface area (Å²) in [5.74, 6) is 0.869. The van der Waals surface area contributed by atoms with Gasteiger partial charge < -0.3 is 33.8 Å². The summed E-state index contributed by atoms with van der Waals surface area (Å²) in [5, 5.41) is 10.6. The molecule has 0 aliphatic rings. The molecule has 0 aromatic heterocycles. The van der Waals surface area contributed by atoms with Crippen molar-refractivity contribution in [1.29, 1.82) is 0 Å². The van der Waals surface area contributed by atoms with Crippen LogP contribution in [0.15, 0.2) is 0 Å². The zero-order valence-corrected chi connectivity index (χ0v) is 62.7. The van der Waals surface area contributed by atoms with Gasteiger partial charge in [-0.25, -0.2) is 9.13 Å². The molecule has 0 saturated carbocycles. The van der Waals surface area contributed by atoms with E-state index in [2.05, 4.69) is 55.4 Å². The second-order valence-corrected chi connectivity index (χ2v) is 31.5. The number of aliphatic hydroxyl groups excluding tert-OH is 1.